The van der Waals surface area contributed by atoms with Crippen LogP contribution in [0.4, 0.5) is 0 Å². The van der Waals surface area contributed by atoms with Crippen LogP contribution in [0.15, 0.2) is 287 Å². The Bertz CT molecular complexity index is 3960. The number of hydrogen-bond acceptors (Lipinski definition) is 10. The van der Waals surface area contributed by atoms with Crippen LogP contribution in [0.5, 0.6) is 11.5 Å². The summed E-state index contributed by atoms with van der Waals surface area (Å²) in [5.74, 6) is 1.84. The molecule has 10 heteroatoms. The van der Waals surface area contributed by atoms with Crippen molar-refractivity contribution in [3.8, 4) is 11.5 Å². The number of aryl methyl sites for hydroxylation is 11. The predicted molar refractivity (Wildman–Crippen MR) is 537 cm³/mol. The average Bonchev–Trinajstić information content (AvgIpc) is 0.865. The van der Waals surface area contributed by atoms with Crippen LogP contribution in [-0.2, 0) is 6.42 Å². The van der Waals surface area contributed by atoms with Gasteiger partial charge in [0, 0.05) is 55.2 Å². The summed E-state index contributed by atoms with van der Waals surface area (Å²) < 4.78 is 5.72. The van der Waals surface area contributed by atoms with Crippen LogP contribution >= 0.6 is 94.1 Å². The minimum atomic E-state index is 0. The first-order valence-corrected chi connectivity index (χ1v) is 41.1. The molecule has 0 atom stereocenters. The van der Waals surface area contributed by atoms with E-state index in [0.29, 0.717) is 0 Å². The summed E-state index contributed by atoms with van der Waals surface area (Å²) in [6.07, 6.45) is 15.7. The van der Waals surface area contributed by atoms with Crippen LogP contribution in [0.2, 0.25) is 0 Å². The van der Waals surface area contributed by atoms with Crippen molar-refractivity contribution >= 4 is 99.9 Å². The molecule has 0 aliphatic carbocycles. The van der Waals surface area contributed by atoms with E-state index in [-0.39, 0.29) is 117 Å². The zero-order valence-electron chi connectivity index (χ0n) is 59.4. The number of carbonyl (C=O) groups is 1. The molecule has 0 spiro atoms. The molecule has 0 unspecified atom stereocenters. The van der Waals surface area contributed by atoms with Crippen molar-refractivity contribution in [3.63, 3.8) is 0 Å². The fourth-order valence-corrected chi connectivity index (χ4v) is 14.0. The Kier molecular flexibility index (Phi) is 81.2. The summed E-state index contributed by atoms with van der Waals surface area (Å²) in [6, 6.07) is 84.0. The van der Waals surface area contributed by atoms with Gasteiger partial charge in [-0.15, -0.1) is 82.3 Å². The van der Waals surface area contributed by atoms with Gasteiger partial charge in [0.15, 0.2) is 5.78 Å². The Morgan fingerprint density at radius 3 is 0.946 bits per heavy atom. The van der Waals surface area contributed by atoms with Crippen molar-refractivity contribution < 1.29 is 9.53 Å². The molecule has 11 aromatic rings. The highest BCUT2D eigenvalue weighted by Crippen LogP contribution is 2.36. The third-order valence-corrected chi connectivity index (χ3v) is 21.7. The van der Waals surface area contributed by atoms with Gasteiger partial charge >= 0.3 is 0 Å². The maximum absolute atomic E-state index is 12.2. The number of ketones is 1. The summed E-state index contributed by atoms with van der Waals surface area (Å²) in [5.41, 5.74) is 18.8. The Labute approximate surface area is 722 Å². The number of carbonyl (C=O) groups excluding carboxylic acids is 1. The lowest BCUT2D eigenvalue weighted by Gasteiger charge is -2.08. The molecule has 2 nitrogen and oxygen atoms in total. The summed E-state index contributed by atoms with van der Waals surface area (Å²) in [6.45, 7) is 23.3. The largest absolute Gasteiger partial charge is 0.457 e. The van der Waals surface area contributed by atoms with Gasteiger partial charge in [-0.05, 0) is 287 Å². The van der Waals surface area contributed by atoms with E-state index >= 15 is 0 Å². The Morgan fingerprint density at radius 2 is 0.550 bits per heavy atom. The highest BCUT2D eigenvalue weighted by atomic mass is 32.2. The van der Waals surface area contributed by atoms with E-state index in [1.165, 1.54) is 116 Å². The molecule has 0 bridgehead atoms. The monoisotopic (exact) mass is 1660 g/mol. The van der Waals surface area contributed by atoms with Crippen LogP contribution in [-0.4, -0.2) is 49.6 Å². The maximum atomic E-state index is 12.2. The number of hydrogen-bond donors (Lipinski definition) is 0. The van der Waals surface area contributed by atoms with Crippen molar-refractivity contribution in [3.05, 3.63) is 326 Å². The molecule has 0 radical (unpaired) electrons. The number of thioether (sulfide) groups is 7. The lowest BCUT2D eigenvalue weighted by molar-refractivity contribution is 0.103. The molecular formula is C101H156O2S8. The molecule has 111 heavy (non-hydrogen) atoms. The number of rotatable bonds is 15. The lowest BCUT2D eigenvalue weighted by Crippen LogP contribution is -2.00. The molecule has 0 aliphatic rings. The second-order valence-electron chi connectivity index (χ2n) is 23.0. The van der Waals surface area contributed by atoms with Gasteiger partial charge in [-0.3, -0.25) is 4.79 Å². The van der Waals surface area contributed by atoms with E-state index in [1.54, 1.807) is 70.6 Å². The minimum absolute atomic E-state index is 0. The standard InChI is InChI=1S/C15H14OS.C15H16S2.C15H16S.C14H14OS.C10H14S.C9H12S.C8H10S.15CH4/c1-11-3-5-12(6-4-11)15(16)13-7-9-14(17-2)10-8-13;1-11-4-7-13(8-5-11)17-15-10-12(2)6-9-14(15)16-3;1-12-3-5-13(6-4-12)11-14-7-9-15(16-2)10-8-14;1-11-3-5-12(6-4-11)15-13-7-9-14(16-2)10-8-13;1-7-5-9(3)10(11-4)6-8(7)2;1-7-4-5-9(10-3)8(2)6-7;1-7-4-3-5-8(6-7)9-2;;;;;;;;;;;;;;;/h3-10H,1-2H3;4-10H,1-3H3;3-10H,11H2,1-2H3;3-10H,1-2H3;5-6H,1-4H3;4-6H,1-3H3;3-6H,1-2H3;15*1H4. The second-order valence-corrected chi connectivity index (χ2v) is 30.2. The highest BCUT2D eigenvalue weighted by Gasteiger charge is 2.09. The van der Waals surface area contributed by atoms with Crippen molar-refractivity contribution in [2.24, 2.45) is 0 Å². The van der Waals surface area contributed by atoms with Crippen LogP contribution in [0.1, 0.15) is 200 Å². The summed E-state index contributed by atoms with van der Waals surface area (Å²) in [4.78, 5) is 24.0. The molecule has 11 aromatic carbocycles. The second kappa shape index (κ2) is 70.3. The van der Waals surface area contributed by atoms with Gasteiger partial charge in [-0.25, -0.2) is 0 Å². The normalized spacial score (nSPS) is 8.81. The van der Waals surface area contributed by atoms with Gasteiger partial charge < -0.3 is 4.74 Å². The van der Waals surface area contributed by atoms with Crippen LogP contribution < -0.4 is 4.74 Å². The zero-order valence-corrected chi connectivity index (χ0v) is 65.9. The average molecular weight is 1660 g/mol. The van der Waals surface area contributed by atoms with E-state index in [4.69, 9.17) is 4.74 Å². The Hall–Kier alpha value is -6.31. The van der Waals surface area contributed by atoms with Gasteiger partial charge in [0.1, 0.15) is 11.5 Å². The smallest absolute Gasteiger partial charge is 0.193 e. The summed E-state index contributed by atoms with van der Waals surface area (Å²) >= 11 is 14.2. The molecule has 0 heterocycles. The van der Waals surface area contributed by atoms with Gasteiger partial charge in [0.25, 0.3) is 0 Å². The quantitative estimate of drug-likeness (QED) is 0.0730. The third kappa shape index (κ3) is 47.9. The van der Waals surface area contributed by atoms with E-state index in [0.717, 1.165) is 29.0 Å². The van der Waals surface area contributed by atoms with Crippen LogP contribution in [0.3, 0.4) is 0 Å². The van der Waals surface area contributed by atoms with Crippen LogP contribution in [0, 0.1) is 76.2 Å². The summed E-state index contributed by atoms with van der Waals surface area (Å²) in [5, 5.41) is 0. The predicted octanol–water partition coefficient (Wildman–Crippen LogP) is 36.6. The SMILES string of the molecule is C.C.C.C.C.C.C.C.C.C.C.C.C.C.C.CSc1cc(C)c(C)cc1C.CSc1ccc(C(=O)c2ccc(C)cc2)cc1.CSc1ccc(C)cc1C.CSc1ccc(C)cc1Sc1ccc(C)cc1.CSc1ccc(Cc2ccc(C)cc2)cc1.CSc1ccc(Oc2ccc(C)cc2)cc1.CSc1cccc(C)c1. The van der Waals surface area contributed by atoms with E-state index < -0.39 is 0 Å². The number of benzene rings is 11. The maximum Gasteiger partial charge on any atom is 0.193 e. The van der Waals surface area contributed by atoms with Crippen LogP contribution in [0.25, 0.3) is 0 Å². The van der Waals surface area contributed by atoms with Gasteiger partial charge in [-0.2, -0.15) is 0 Å². The fourth-order valence-electron chi connectivity index (χ4n) is 9.21. The molecule has 0 saturated carbocycles. The molecule has 0 N–H and O–H groups in total. The Morgan fingerprint density at radius 1 is 0.243 bits per heavy atom. The fraction of sp³-hybridized carbons (Fsp3) is 0.337. The van der Waals surface area contributed by atoms with Gasteiger partial charge in [-0.1, -0.05) is 278 Å². The molecular weight excluding hydrogens is 1500 g/mol. The van der Waals surface area contributed by atoms with E-state index in [1.807, 2.05) is 122 Å². The van der Waals surface area contributed by atoms with Gasteiger partial charge in [0.05, 0.1) is 0 Å². The molecule has 620 valence electrons. The molecule has 0 aromatic heterocycles. The van der Waals surface area contributed by atoms with Crippen molar-refractivity contribution in [2.75, 3.05) is 43.8 Å². The first-order valence-electron chi connectivity index (χ1n) is 31.7. The summed E-state index contributed by atoms with van der Waals surface area (Å²) in [7, 11) is 0. The van der Waals surface area contributed by atoms with Crippen molar-refractivity contribution in [1.29, 1.82) is 0 Å². The molecule has 0 amide bonds. The van der Waals surface area contributed by atoms with Crippen molar-refractivity contribution in [2.45, 2.75) is 238 Å². The van der Waals surface area contributed by atoms with Crippen molar-refractivity contribution in [1.82, 2.24) is 0 Å². The highest BCUT2D eigenvalue weighted by molar-refractivity contribution is 8.02. The molecule has 0 aliphatic heterocycles. The zero-order chi connectivity index (χ0) is 69.9. The van der Waals surface area contributed by atoms with Gasteiger partial charge in [0.2, 0.25) is 0 Å². The first kappa shape index (κ1) is 128. The molecule has 0 saturated heterocycles. The first-order chi connectivity index (χ1) is 46.1. The molecule has 11 rings (SSSR count). The number of ether oxygens (including phenoxy) is 1. The van der Waals surface area contributed by atoms with E-state index in [2.05, 4.69) is 264 Å². The van der Waals surface area contributed by atoms with E-state index in [9.17, 15) is 4.79 Å². The molecule has 0 fully saturated rings. The minimum Gasteiger partial charge on any atom is -0.457 e. The Balaban J connectivity index is -0.000000115. The topological polar surface area (TPSA) is 26.3 Å². The third-order valence-electron chi connectivity index (χ3n) is 15.0. The lowest BCUT2D eigenvalue weighted by atomic mass is 10.0.